The largest absolute Gasteiger partial charge is 0.369 e. The van der Waals surface area contributed by atoms with E-state index >= 15 is 0 Å². The van der Waals surface area contributed by atoms with Crippen molar-refractivity contribution < 1.29 is 4.74 Å². The zero-order valence-corrected chi connectivity index (χ0v) is 12.1. The number of hydrogen-bond acceptors (Lipinski definition) is 5. The molecule has 0 fully saturated rings. The van der Waals surface area contributed by atoms with Gasteiger partial charge in [-0.3, -0.25) is 4.99 Å². The first kappa shape index (κ1) is 16.0. The Morgan fingerprint density at radius 3 is 2.74 bits per heavy atom. The molecule has 1 aliphatic rings. The maximum atomic E-state index is 10.4. The van der Waals surface area contributed by atoms with E-state index in [1.807, 2.05) is 13.0 Å². The highest BCUT2D eigenvalue weighted by molar-refractivity contribution is 5.54. The van der Waals surface area contributed by atoms with Crippen molar-refractivity contribution in [3.63, 3.8) is 0 Å². The molecular formula is C14H25N3O2. The van der Waals surface area contributed by atoms with Crippen molar-refractivity contribution in [3.05, 3.63) is 16.6 Å². The molecule has 5 nitrogen and oxygen atoms in total. The summed E-state index contributed by atoms with van der Waals surface area (Å²) in [6.07, 6.45) is 6.38. The minimum absolute atomic E-state index is 0.0685. The standard InChI is InChI=1S/C14H25N3O2/c1-4-11(5-2)19-13-8-10(9-17-18)7-12(15)14(13)16-6-3/h6,8,11-14H,4-5,7,9,15H2,1-3H3. The predicted molar refractivity (Wildman–Crippen MR) is 78.5 cm³/mol. The van der Waals surface area contributed by atoms with Crippen LogP contribution in [0.15, 0.2) is 21.8 Å². The Morgan fingerprint density at radius 1 is 1.53 bits per heavy atom. The van der Waals surface area contributed by atoms with Crippen molar-refractivity contribution in [3.8, 4) is 0 Å². The zero-order chi connectivity index (χ0) is 14.3. The minimum Gasteiger partial charge on any atom is -0.369 e. The highest BCUT2D eigenvalue weighted by Gasteiger charge is 2.32. The van der Waals surface area contributed by atoms with Crippen LogP contribution in [0.3, 0.4) is 0 Å². The lowest BCUT2D eigenvalue weighted by molar-refractivity contribution is -0.00936. The molecule has 19 heavy (non-hydrogen) atoms. The monoisotopic (exact) mass is 267 g/mol. The molecule has 3 atom stereocenters. The van der Waals surface area contributed by atoms with Crippen LogP contribution in [0.1, 0.15) is 40.0 Å². The normalized spacial score (nSPS) is 27.8. The summed E-state index contributed by atoms with van der Waals surface area (Å²) in [5.74, 6) is 0. The van der Waals surface area contributed by atoms with Gasteiger partial charge in [-0.25, -0.2) is 0 Å². The number of aliphatic imine (C=N–C) groups is 1. The van der Waals surface area contributed by atoms with Crippen LogP contribution in [0.4, 0.5) is 0 Å². The van der Waals surface area contributed by atoms with Gasteiger partial charge >= 0.3 is 0 Å². The van der Waals surface area contributed by atoms with Crippen molar-refractivity contribution in [2.45, 2.75) is 64.3 Å². The lowest BCUT2D eigenvalue weighted by Crippen LogP contribution is -2.46. The first-order chi connectivity index (χ1) is 9.15. The number of hydrogen-bond donors (Lipinski definition) is 1. The van der Waals surface area contributed by atoms with Crippen LogP contribution in [0.25, 0.3) is 0 Å². The first-order valence-electron chi connectivity index (χ1n) is 7.03. The van der Waals surface area contributed by atoms with Crippen LogP contribution in [-0.2, 0) is 4.74 Å². The summed E-state index contributed by atoms with van der Waals surface area (Å²) in [5, 5.41) is 2.95. The van der Waals surface area contributed by atoms with Gasteiger partial charge in [0.25, 0.3) is 0 Å². The van der Waals surface area contributed by atoms with Gasteiger partial charge in [0, 0.05) is 6.04 Å². The summed E-state index contributed by atoms with van der Waals surface area (Å²) < 4.78 is 6.09. The van der Waals surface area contributed by atoms with Gasteiger partial charge in [-0.1, -0.05) is 25.1 Å². The van der Waals surface area contributed by atoms with Crippen LogP contribution >= 0.6 is 0 Å². The summed E-state index contributed by atoms with van der Waals surface area (Å²) in [6, 6.07) is -0.182. The third-order valence-corrected chi connectivity index (χ3v) is 3.52. The lowest BCUT2D eigenvalue weighted by Gasteiger charge is -2.34. The van der Waals surface area contributed by atoms with Gasteiger partial charge in [-0.05, 0) is 38.0 Å². The highest BCUT2D eigenvalue weighted by atomic mass is 16.5. The lowest BCUT2D eigenvalue weighted by atomic mass is 9.88. The third-order valence-electron chi connectivity index (χ3n) is 3.52. The Morgan fingerprint density at radius 2 is 2.21 bits per heavy atom. The third kappa shape index (κ3) is 4.51. The molecule has 0 spiro atoms. The molecule has 0 aromatic heterocycles. The molecule has 0 radical (unpaired) electrons. The molecule has 3 unspecified atom stereocenters. The second kappa shape index (κ2) is 8.17. The molecule has 0 bridgehead atoms. The average Bonchev–Trinajstić information content (AvgIpc) is 2.40. The van der Waals surface area contributed by atoms with Crippen molar-refractivity contribution in [1.82, 2.24) is 0 Å². The zero-order valence-electron chi connectivity index (χ0n) is 12.1. The van der Waals surface area contributed by atoms with E-state index in [4.69, 9.17) is 10.5 Å². The van der Waals surface area contributed by atoms with Gasteiger partial charge < -0.3 is 10.5 Å². The number of rotatable bonds is 7. The van der Waals surface area contributed by atoms with Crippen LogP contribution in [0.2, 0.25) is 0 Å². The SMILES string of the molecule is CC=NC1C(N)CC(CN=O)=CC1OC(CC)CC. The molecule has 0 saturated carbocycles. The number of ether oxygens (including phenoxy) is 1. The van der Waals surface area contributed by atoms with E-state index in [1.165, 1.54) is 0 Å². The Kier molecular flexibility index (Phi) is 6.87. The van der Waals surface area contributed by atoms with Crippen LogP contribution in [-0.4, -0.2) is 37.1 Å². The van der Waals surface area contributed by atoms with Crippen molar-refractivity contribution in [2.75, 3.05) is 6.54 Å². The van der Waals surface area contributed by atoms with Crippen LogP contribution in [0, 0.1) is 4.91 Å². The fourth-order valence-corrected chi connectivity index (χ4v) is 2.46. The molecule has 0 heterocycles. The maximum absolute atomic E-state index is 10.4. The molecule has 0 saturated heterocycles. The summed E-state index contributed by atoms with van der Waals surface area (Å²) in [7, 11) is 0. The molecule has 0 aliphatic heterocycles. The molecule has 0 aromatic rings. The fraction of sp³-hybridized carbons (Fsp3) is 0.786. The maximum Gasteiger partial charge on any atom is 0.102 e. The van der Waals surface area contributed by atoms with E-state index in [0.29, 0.717) is 6.42 Å². The van der Waals surface area contributed by atoms with E-state index in [-0.39, 0.29) is 30.8 Å². The molecule has 108 valence electrons. The first-order valence-corrected chi connectivity index (χ1v) is 7.03. The van der Waals surface area contributed by atoms with E-state index in [0.717, 1.165) is 18.4 Å². The molecule has 2 N–H and O–H groups in total. The molecular weight excluding hydrogens is 242 g/mol. The molecule has 0 aromatic carbocycles. The number of nitroso groups, excluding NO2 is 1. The topological polar surface area (TPSA) is 77.0 Å². The highest BCUT2D eigenvalue weighted by Crippen LogP contribution is 2.25. The van der Waals surface area contributed by atoms with Gasteiger partial charge in [-0.15, -0.1) is 0 Å². The van der Waals surface area contributed by atoms with Crippen molar-refractivity contribution >= 4 is 6.21 Å². The molecule has 1 rings (SSSR count). The van der Waals surface area contributed by atoms with E-state index in [9.17, 15) is 4.91 Å². The van der Waals surface area contributed by atoms with Crippen LogP contribution in [0.5, 0.6) is 0 Å². The Balaban J connectivity index is 2.88. The Hall–Kier alpha value is -1.07. The van der Waals surface area contributed by atoms with Gasteiger partial charge in [0.1, 0.15) is 12.6 Å². The minimum atomic E-state index is -0.151. The Bertz CT molecular complexity index is 338. The van der Waals surface area contributed by atoms with Gasteiger partial charge in [-0.2, -0.15) is 4.91 Å². The quantitative estimate of drug-likeness (QED) is 0.437. The second-order valence-corrected chi connectivity index (χ2v) is 4.92. The molecule has 1 aliphatic carbocycles. The van der Waals surface area contributed by atoms with Crippen molar-refractivity contribution in [1.29, 1.82) is 0 Å². The summed E-state index contributed by atoms with van der Waals surface area (Å²) >= 11 is 0. The van der Waals surface area contributed by atoms with Gasteiger partial charge in [0.15, 0.2) is 0 Å². The number of nitrogens with zero attached hydrogens (tertiary/aromatic N) is 2. The van der Waals surface area contributed by atoms with Gasteiger partial charge in [0.2, 0.25) is 0 Å². The van der Waals surface area contributed by atoms with E-state index in [1.54, 1.807) is 6.21 Å². The van der Waals surface area contributed by atoms with Gasteiger partial charge in [0.05, 0.1) is 12.1 Å². The number of nitrogens with two attached hydrogens (primary N) is 1. The molecule has 5 heteroatoms. The predicted octanol–water partition coefficient (Wildman–Crippen LogP) is 2.44. The Labute approximate surface area is 115 Å². The van der Waals surface area contributed by atoms with E-state index < -0.39 is 0 Å². The van der Waals surface area contributed by atoms with E-state index in [2.05, 4.69) is 24.0 Å². The van der Waals surface area contributed by atoms with Crippen LogP contribution < -0.4 is 5.73 Å². The summed E-state index contributed by atoms with van der Waals surface area (Å²) in [4.78, 5) is 14.9. The fourth-order valence-electron chi connectivity index (χ4n) is 2.46. The smallest absolute Gasteiger partial charge is 0.102 e. The summed E-state index contributed by atoms with van der Waals surface area (Å²) in [5.41, 5.74) is 7.12. The molecule has 0 amide bonds. The summed E-state index contributed by atoms with van der Waals surface area (Å²) in [6.45, 7) is 6.28. The second-order valence-electron chi connectivity index (χ2n) is 4.92. The average molecular weight is 267 g/mol. The van der Waals surface area contributed by atoms with Crippen molar-refractivity contribution in [2.24, 2.45) is 15.9 Å².